The van der Waals surface area contributed by atoms with E-state index in [9.17, 15) is 8.99 Å². The summed E-state index contributed by atoms with van der Waals surface area (Å²) in [5.74, 6) is 0.726. The van der Waals surface area contributed by atoms with Crippen LogP contribution >= 0.6 is 12.3 Å². The fourth-order valence-electron chi connectivity index (χ4n) is 4.25. The van der Waals surface area contributed by atoms with Gasteiger partial charge < -0.3 is 16.2 Å². The first kappa shape index (κ1) is 18.2. The zero-order chi connectivity index (χ0) is 19.1. The van der Waals surface area contributed by atoms with Crippen molar-refractivity contribution in [1.29, 1.82) is 0 Å². The number of imidazole rings is 1. The van der Waals surface area contributed by atoms with E-state index in [-0.39, 0.29) is 17.9 Å². The highest BCUT2D eigenvalue weighted by Crippen LogP contribution is 2.51. The van der Waals surface area contributed by atoms with Crippen LogP contribution < -0.4 is 11.1 Å². The highest BCUT2D eigenvalue weighted by atomic mass is 32.2. The fourth-order valence-corrected chi connectivity index (χ4v) is 4.52. The molecule has 144 valence electrons. The van der Waals surface area contributed by atoms with E-state index >= 15 is 0 Å². The monoisotopic (exact) mass is 390 g/mol. The lowest BCUT2D eigenvalue weighted by Crippen LogP contribution is -2.33. The molecule has 0 atom stereocenters. The maximum atomic E-state index is 12.4. The SMILES string of the molecule is CCC(/C=C(\N)c1cnc2ccc(NC34CCC(O)(CC3)C4)nn12)=N\SF. The van der Waals surface area contributed by atoms with Gasteiger partial charge in [0.05, 0.1) is 23.2 Å². The molecule has 2 aromatic rings. The average Bonchev–Trinajstić information content (AvgIpc) is 3.31. The summed E-state index contributed by atoms with van der Waals surface area (Å²) in [6.07, 6.45) is 8.18. The lowest BCUT2D eigenvalue weighted by Gasteiger charge is -2.28. The first-order chi connectivity index (χ1) is 13.0. The van der Waals surface area contributed by atoms with Crippen molar-refractivity contribution in [3.63, 3.8) is 0 Å². The number of halogens is 1. The van der Waals surface area contributed by atoms with Gasteiger partial charge in [0.2, 0.25) is 0 Å². The van der Waals surface area contributed by atoms with Crippen LogP contribution in [-0.2, 0) is 0 Å². The second-order valence-corrected chi connectivity index (χ2v) is 7.86. The molecule has 4 N–H and O–H groups in total. The minimum atomic E-state index is -0.519. The van der Waals surface area contributed by atoms with Crippen molar-refractivity contribution in [3.8, 4) is 0 Å². The summed E-state index contributed by atoms with van der Waals surface area (Å²) in [7, 11) is 0. The number of nitrogens with one attached hydrogen (secondary N) is 1. The number of fused-ring (bicyclic) bond motifs is 3. The molecule has 2 bridgehead atoms. The third-order valence-electron chi connectivity index (χ3n) is 5.69. The Hall–Kier alpha value is -2.13. The lowest BCUT2D eigenvalue weighted by atomic mass is 9.93. The van der Waals surface area contributed by atoms with Crippen LogP contribution in [0.4, 0.5) is 9.70 Å². The molecule has 27 heavy (non-hydrogen) atoms. The van der Waals surface area contributed by atoms with Crippen LogP contribution in [0.15, 0.2) is 28.8 Å². The van der Waals surface area contributed by atoms with E-state index in [1.54, 1.807) is 16.8 Å². The molecule has 0 aromatic carbocycles. The predicted molar refractivity (Wildman–Crippen MR) is 106 cm³/mol. The van der Waals surface area contributed by atoms with Crippen molar-refractivity contribution in [2.45, 2.75) is 56.6 Å². The van der Waals surface area contributed by atoms with Crippen LogP contribution in [0.2, 0.25) is 0 Å². The van der Waals surface area contributed by atoms with E-state index in [1.165, 1.54) is 0 Å². The number of nitrogens with zero attached hydrogens (tertiary/aromatic N) is 4. The Morgan fingerprint density at radius 2 is 2.22 bits per heavy atom. The number of allylic oxidation sites excluding steroid dienone is 1. The zero-order valence-corrected chi connectivity index (χ0v) is 16.0. The number of rotatable bonds is 6. The Kier molecular flexibility index (Phi) is 4.59. The Bertz CT molecular complexity index is 916. The molecule has 2 fully saturated rings. The number of anilines is 1. The molecule has 0 spiro atoms. The van der Waals surface area contributed by atoms with E-state index in [0.29, 0.717) is 29.2 Å². The van der Waals surface area contributed by atoms with Crippen molar-refractivity contribution in [2.24, 2.45) is 10.1 Å². The molecule has 2 heterocycles. The zero-order valence-electron chi connectivity index (χ0n) is 15.2. The van der Waals surface area contributed by atoms with Crippen LogP contribution in [0.1, 0.15) is 51.1 Å². The minimum absolute atomic E-state index is 0.0777. The molecule has 0 unspecified atom stereocenters. The van der Waals surface area contributed by atoms with Gasteiger partial charge in [0, 0.05) is 5.54 Å². The summed E-state index contributed by atoms with van der Waals surface area (Å²) in [6.45, 7) is 1.89. The number of nitrogens with two attached hydrogens (primary N) is 1. The van der Waals surface area contributed by atoms with Crippen molar-refractivity contribution in [3.05, 3.63) is 30.1 Å². The summed E-state index contributed by atoms with van der Waals surface area (Å²) >= 11 is -0.0777. The third kappa shape index (κ3) is 3.41. The molecule has 7 nitrogen and oxygen atoms in total. The summed E-state index contributed by atoms with van der Waals surface area (Å²) in [5, 5.41) is 18.6. The third-order valence-corrected chi connectivity index (χ3v) is 6.00. The van der Waals surface area contributed by atoms with Gasteiger partial charge in [-0.05, 0) is 56.7 Å². The number of aromatic nitrogens is 3. The maximum absolute atomic E-state index is 12.4. The second kappa shape index (κ2) is 6.79. The van der Waals surface area contributed by atoms with Crippen molar-refractivity contribution >= 4 is 35.2 Å². The predicted octanol–water partition coefficient (Wildman–Crippen LogP) is 3.27. The molecule has 0 amide bonds. The van der Waals surface area contributed by atoms with E-state index in [2.05, 4.69) is 19.8 Å². The first-order valence-corrected chi connectivity index (χ1v) is 9.81. The van der Waals surface area contributed by atoms with Crippen LogP contribution in [0, 0.1) is 0 Å². The van der Waals surface area contributed by atoms with E-state index in [0.717, 1.165) is 37.9 Å². The number of aliphatic hydroxyl groups is 1. The molecular formula is C18H23FN6OS. The molecule has 0 saturated heterocycles. The van der Waals surface area contributed by atoms with Gasteiger partial charge in [-0.3, -0.25) is 0 Å². The smallest absolute Gasteiger partial charge is 0.186 e. The van der Waals surface area contributed by atoms with Crippen molar-refractivity contribution < 1.29 is 8.99 Å². The standard InChI is InChI=1S/C18H23FN6OS/c1-2-12(24-27-19)9-13(20)14-10-21-16-4-3-15(23-25(14)16)22-17-5-7-18(26,11-17)8-6-17/h3-4,9-10,26H,2,5-8,11,20H2,1H3,(H,22,23)/b13-9-,24-12+. The number of hydrogen-bond acceptors (Lipinski definition) is 7. The summed E-state index contributed by atoms with van der Waals surface area (Å²) in [6, 6.07) is 3.78. The molecule has 2 saturated carbocycles. The molecule has 9 heteroatoms. The van der Waals surface area contributed by atoms with Gasteiger partial charge >= 0.3 is 0 Å². The molecular weight excluding hydrogens is 367 g/mol. The van der Waals surface area contributed by atoms with Crippen LogP contribution in [0.3, 0.4) is 0 Å². The van der Waals surface area contributed by atoms with E-state index in [4.69, 9.17) is 5.73 Å². The van der Waals surface area contributed by atoms with Gasteiger partial charge in [-0.2, -0.15) is 4.40 Å². The Balaban J connectivity index is 1.64. The van der Waals surface area contributed by atoms with Gasteiger partial charge in [-0.15, -0.1) is 8.98 Å². The quantitative estimate of drug-likeness (QED) is 0.517. The topological polar surface area (TPSA) is 101 Å². The summed E-state index contributed by atoms with van der Waals surface area (Å²) in [5.41, 5.74) is 7.88. The second-order valence-electron chi connectivity index (χ2n) is 7.54. The summed E-state index contributed by atoms with van der Waals surface area (Å²) < 4.78 is 17.8. The Labute approximate surface area is 161 Å². The van der Waals surface area contributed by atoms with Crippen molar-refractivity contribution in [2.75, 3.05) is 5.32 Å². The first-order valence-electron chi connectivity index (χ1n) is 9.13. The van der Waals surface area contributed by atoms with Gasteiger partial charge in [0.15, 0.2) is 18.0 Å². The highest BCUT2D eigenvalue weighted by Gasteiger charge is 2.53. The van der Waals surface area contributed by atoms with Crippen LogP contribution in [-0.4, -0.2) is 36.6 Å². The normalized spacial score (nSPS) is 28.3. The lowest BCUT2D eigenvalue weighted by molar-refractivity contribution is 0.0521. The number of hydrogen-bond donors (Lipinski definition) is 3. The maximum Gasteiger partial charge on any atom is 0.186 e. The van der Waals surface area contributed by atoms with Crippen LogP contribution in [0.25, 0.3) is 11.3 Å². The van der Waals surface area contributed by atoms with Gasteiger partial charge in [0.25, 0.3) is 0 Å². The molecule has 0 radical (unpaired) electrons. The van der Waals surface area contributed by atoms with Crippen LogP contribution in [0.5, 0.6) is 0 Å². The largest absolute Gasteiger partial charge is 0.397 e. The van der Waals surface area contributed by atoms with Gasteiger partial charge in [-0.1, -0.05) is 6.92 Å². The van der Waals surface area contributed by atoms with Gasteiger partial charge in [0.1, 0.15) is 11.5 Å². The molecule has 4 rings (SSSR count). The Morgan fingerprint density at radius 1 is 1.44 bits per heavy atom. The van der Waals surface area contributed by atoms with Crippen molar-refractivity contribution in [1.82, 2.24) is 14.6 Å². The molecule has 2 aliphatic carbocycles. The minimum Gasteiger partial charge on any atom is -0.397 e. The van der Waals surface area contributed by atoms with E-state index < -0.39 is 5.60 Å². The molecule has 2 aliphatic rings. The molecule has 0 aliphatic heterocycles. The molecule has 2 aromatic heterocycles. The van der Waals surface area contributed by atoms with Gasteiger partial charge in [-0.25, -0.2) is 9.50 Å². The fraction of sp³-hybridized carbons (Fsp3) is 0.500. The summed E-state index contributed by atoms with van der Waals surface area (Å²) in [4.78, 5) is 4.34. The highest BCUT2D eigenvalue weighted by molar-refractivity contribution is 7.93. The Morgan fingerprint density at radius 3 is 2.85 bits per heavy atom. The average molecular weight is 390 g/mol. The van der Waals surface area contributed by atoms with E-state index in [1.807, 2.05) is 19.1 Å².